The van der Waals surface area contributed by atoms with Crippen LogP contribution in [-0.2, 0) is 23.9 Å². The van der Waals surface area contributed by atoms with Gasteiger partial charge in [0, 0.05) is 30.5 Å². The summed E-state index contributed by atoms with van der Waals surface area (Å²) in [6.07, 6.45) is -13.9. The predicted molar refractivity (Wildman–Crippen MR) is 188 cm³/mol. The molecule has 0 spiro atoms. The van der Waals surface area contributed by atoms with E-state index in [1.165, 1.54) is 30.4 Å². The summed E-state index contributed by atoms with van der Waals surface area (Å²) in [6.45, 7) is 0. The van der Waals surface area contributed by atoms with Crippen molar-refractivity contribution >= 4 is 23.9 Å². The van der Waals surface area contributed by atoms with E-state index in [9.17, 15) is 65.1 Å². The molecule has 18 nitrogen and oxygen atoms in total. The van der Waals surface area contributed by atoms with Crippen molar-refractivity contribution < 1.29 is 83.7 Å². The molecule has 3 aliphatic heterocycles. The second kappa shape index (κ2) is 16.5. The summed E-state index contributed by atoms with van der Waals surface area (Å²) in [7, 11) is 0. The molecule has 4 aliphatic rings. The van der Waals surface area contributed by atoms with E-state index in [1.807, 2.05) is 0 Å². The number of hydrogen-bond acceptors (Lipinski definition) is 18. The van der Waals surface area contributed by atoms with Crippen LogP contribution in [0.1, 0.15) is 24.8 Å². The van der Waals surface area contributed by atoms with Gasteiger partial charge in [-0.15, -0.1) is 0 Å². The topological polar surface area (TPSA) is 300 Å². The average Bonchev–Trinajstić information content (AvgIpc) is 3.16. The van der Waals surface area contributed by atoms with Crippen LogP contribution in [0.15, 0.2) is 69.9 Å². The lowest BCUT2D eigenvalue weighted by atomic mass is 9.95. The number of carbonyl (C=O) groups excluding carboxylic acids is 3. The first-order valence-corrected chi connectivity index (χ1v) is 17.0. The zero-order valence-corrected chi connectivity index (χ0v) is 28.9. The number of allylic oxidation sites excluding steroid dienone is 1. The molecule has 6 rings (SSSR count). The Labute approximate surface area is 315 Å². The number of hydrogen-bond donors (Lipinski definition) is 9. The monoisotopic (exact) mass is 780 g/mol. The first-order chi connectivity index (χ1) is 26.6. The Kier molecular flexibility index (Phi) is 11.7. The molecule has 1 aliphatic carbocycles. The van der Waals surface area contributed by atoms with E-state index in [1.54, 1.807) is 12.1 Å². The summed E-state index contributed by atoms with van der Waals surface area (Å²) < 4.78 is 29.1. The third-order valence-electron chi connectivity index (χ3n) is 9.10. The first-order valence-electron chi connectivity index (χ1n) is 17.0. The molecule has 296 valence electrons. The van der Waals surface area contributed by atoms with Gasteiger partial charge in [-0.05, 0) is 42.0 Å². The number of aldehydes is 1. The first kappa shape index (κ1) is 39.8. The van der Waals surface area contributed by atoms with Gasteiger partial charge in [0.25, 0.3) is 0 Å². The van der Waals surface area contributed by atoms with Crippen molar-refractivity contribution in [3.05, 3.63) is 76.5 Å². The summed E-state index contributed by atoms with van der Waals surface area (Å²) in [5.41, 5.74) is -0.423. The molecule has 0 aromatic heterocycles. The third-order valence-corrected chi connectivity index (χ3v) is 9.10. The zero-order valence-electron chi connectivity index (χ0n) is 28.9. The van der Waals surface area contributed by atoms with Crippen LogP contribution in [-0.4, -0.2) is 119 Å². The number of aromatic hydroxyl groups is 4. The van der Waals surface area contributed by atoms with Crippen LogP contribution in [0, 0.1) is 0 Å². The fourth-order valence-corrected chi connectivity index (χ4v) is 6.11. The highest BCUT2D eigenvalue weighted by Crippen LogP contribution is 2.46. The lowest BCUT2D eigenvalue weighted by molar-refractivity contribution is -0.271. The summed E-state index contributed by atoms with van der Waals surface area (Å²) in [5, 5.41) is 93.6. The van der Waals surface area contributed by atoms with Crippen LogP contribution in [0.5, 0.6) is 34.5 Å². The second-order valence-electron chi connectivity index (χ2n) is 13.1. The molecule has 2 aromatic carbocycles. The van der Waals surface area contributed by atoms with Crippen LogP contribution in [0.25, 0.3) is 28.7 Å². The van der Waals surface area contributed by atoms with Crippen molar-refractivity contribution in [2.45, 2.75) is 74.6 Å². The molecular formula is C38H36O18. The molecule has 0 radical (unpaired) electrons. The van der Waals surface area contributed by atoms with Crippen molar-refractivity contribution in [2.24, 2.45) is 0 Å². The second-order valence-corrected chi connectivity index (χ2v) is 13.1. The van der Waals surface area contributed by atoms with Gasteiger partial charge in [0.15, 0.2) is 45.8 Å². The van der Waals surface area contributed by atoms with E-state index in [0.29, 0.717) is 11.8 Å². The van der Waals surface area contributed by atoms with E-state index in [2.05, 4.69) is 0 Å². The van der Waals surface area contributed by atoms with E-state index >= 15 is 0 Å². The van der Waals surface area contributed by atoms with E-state index < -0.39 is 108 Å². The summed E-state index contributed by atoms with van der Waals surface area (Å²) in [6, 6.07) is 10.9. The molecule has 18 heteroatoms. The number of aliphatic hydroxyl groups is 5. The third kappa shape index (κ3) is 8.51. The number of carbonyl (C=O) groups is 3. The maximum atomic E-state index is 12.9. The van der Waals surface area contributed by atoms with Gasteiger partial charge in [0.05, 0.1) is 24.2 Å². The number of fused-ring (bicyclic) bond motifs is 1. The van der Waals surface area contributed by atoms with E-state index in [-0.39, 0.29) is 40.6 Å². The molecule has 0 amide bonds. The van der Waals surface area contributed by atoms with Gasteiger partial charge < -0.3 is 74.1 Å². The highest BCUT2D eigenvalue weighted by atomic mass is 16.7. The van der Waals surface area contributed by atoms with Crippen LogP contribution in [0.2, 0.25) is 0 Å². The van der Waals surface area contributed by atoms with Crippen molar-refractivity contribution in [2.75, 3.05) is 0 Å². The Morgan fingerprint density at radius 1 is 0.786 bits per heavy atom. The number of Topliss-reactive ketones (excluding diaryl/α,β-unsaturated/α-hetero) is 1. The Hall–Kier alpha value is -5.86. The normalized spacial score (nSPS) is 26.6. The van der Waals surface area contributed by atoms with Gasteiger partial charge in [-0.3, -0.25) is 14.4 Å². The molecule has 2 saturated heterocycles. The van der Waals surface area contributed by atoms with Gasteiger partial charge in [-0.2, -0.15) is 0 Å². The van der Waals surface area contributed by atoms with Gasteiger partial charge in [-0.1, -0.05) is 18.2 Å². The van der Waals surface area contributed by atoms with Crippen molar-refractivity contribution in [3.63, 3.8) is 0 Å². The zero-order chi connectivity index (χ0) is 40.4. The van der Waals surface area contributed by atoms with Gasteiger partial charge in [0.2, 0.25) is 12.6 Å². The molecule has 2 aromatic rings. The molecule has 9 atom stereocenters. The lowest BCUT2D eigenvalue weighted by Gasteiger charge is -2.40. The van der Waals surface area contributed by atoms with Gasteiger partial charge in [-0.25, -0.2) is 0 Å². The molecule has 0 saturated carbocycles. The lowest BCUT2D eigenvalue weighted by Crippen LogP contribution is -2.59. The molecule has 0 unspecified atom stereocenters. The average molecular weight is 781 g/mol. The van der Waals surface area contributed by atoms with Crippen molar-refractivity contribution in [1.82, 2.24) is 0 Å². The number of phenolic OH excluding ortho intramolecular Hbond substituents is 4. The van der Waals surface area contributed by atoms with E-state index in [4.69, 9.17) is 23.4 Å². The Balaban J connectivity index is 1.37. The minimum Gasteiger partial charge on any atom is -0.508 e. The maximum absolute atomic E-state index is 12.9. The number of rotatable bonds is 12. The number of ketones is 2. The fourth-order valence-electron chi connectivity index (χ4n) is 6.11. The van der Waals surface area contributed by atoms with Crippen molar-refractivity contribution in [3.8, 4) is 57.1 Å². The standard InChI is InChI=1S/C38H36O18/c39-8-7-22(43)28-15-25(46)32(48)37(54-28)53-27-13-20(42)12-26-21(27)14-30(36(52-26)17-9-23(44)31(47)24(45)10-17)56-38-35(51)34(50)33(49)29(55-38)11-19(41)6-3-16-1-4-18(40)5-2-16/h1-6,8-10,12-14,25,28-29,32-35,37-38,40,44-51H,7,11,15H2/b6-3+/t25-,28-,29+,32+,33-,34+,35+,37+,38-/m0/s1. The van der Waals surface area contributed by atoms with Gasteiger partial charge >= 0.3 is 0 Å². The maximum Gasteiger partial charge on any atom is 0.229 e. The Bertz CT molecular complexity index is 2120. The number of ether oxygens (including phenoxy) is 4. The summed E-state index contributed by atoms with van der Waals surface area (Å²) in [4.78, 5) is 49.1. The Morgan fingerprint density at radius 3 is 2.12 bits per heavy atom. The molecule has 3 heterocycles. The van der Waals surface area contributed by atoms with Crippen LogP contribution in [0.4, 0.5) is 0 Å². The summed E-state index contributed by atoms with van der Waals surface area (Å²) >= 11 is 0. The highest BCUT2D eigenvalue weighted by molar-refractivity contribution is 5.94. The quantitative estimate of drug-likeness (QED) is 0.0408. The van der Waals surface area contributed by atoms with Crippen molar-refractivity contribution in [1.29, 1.82) is 0 Å². The molecule has 56 heavy (non-hydrogen) atoms. The predicted octanol–water partition coefficient (Wildman–Crippen LogP) is 0.467. The minimum atomic E-state index is -1.97. The molecule has 0 bridgehead atoms. The smallest absolute Gasteiger partial charge is 0.229 e. The largest absolute Gasteiger partial charge is 0.508 e. The van der Waals surface area contributed by atoms with Crippen LogP contribution < -0.4 is 14.9 Å². The minimum absolute atomic E-state index is 0.0150. The number of aliphatic hydroxyl groups excluding tert-OH is 5. The SMILES string of the molecule is O=CCC(=O)[C@@H]1C[C@H](O)[C@@H](O)[C@H](Oc2cc(=O)cc3oc(-c4cc(O)c(O)c(O)c4)c(O[C@@H]4O[C@H](CC(=O)/C=C/c5ccc(O)cc5)[C@H](O)[C@@H](O)[C@H]4O)cc2-3)O1. The van der Waals surface area contributed by atoms with Crippen LogP contribution >= 0.6 is 0 Å². The van der Waals surface area contributed by atoms with Crippen LogP contribution in [0.3, 0.4) is 0 Å². The highest BCUT2D eigenvalue weighted by Gasteiger charge is 2.46. The summed E-state index contributed by atoms with van der Waals surface area (Å²) in [5.74, 6) is -5.13. The molecule has 2 fully saturated rings. The fraction of sp³-hybridized carbons (Fsp3) is 0.316. The molecular weight excluding hydrogens is 744 g/mol. The van der Waals surface area contributed by atoms with E-state index in [0.717, 1.165) is 24.3 Å². The number of phenols is 4. The number of benzene rings is 3. The molecule has 9 N–H and O–H groups in total. The Morgan fingerprint density at radius 2 is 1.45 bits per heavy atom. The van der Waals surface area contributed by atoms with Gasteiger partial charge in [0.1, 0.15) is 54.1 Å².